The number of pyridine rings is 1. The summed E-state index contributed by atoms with van der Waals surface area (Å²) in [4.78, 5) is 12.1. The monoisotopic (exact) mass is 232 g/mol. The Bertz CT molecular complexity index is 510. The molecule has 0 aromatic carbocycles. The van der Waals surface area contributed by atoms with Gasteiger partial charge in [0.15, 0.2) is 5.82 Å². The Balaban J connectivity index is 2.38. The van der Waals surface area contributed by atoms with Crippen molar-refractivity contribution in [3.05, 3.63) is 41.6 Å². The van der Waals surface area contributed by atoms with Crippen LogP contribution in [0.15, 0.2) is 24.7 Å². The molecule has 0 amide bonds. The number of aromatic nitrogens is 3. The molecule has 0 aliphatic rings. The number of rotatable bonds is 3. The first-order valence-electron chi connectivity index (χ1n) is 5.27. The minimum atomic E-state index is -0.657. The average molecular weight is 232 g/mol. The molecule has 0 aliphatic heterocycles. The van der Waals surface area contributed by atoms with Gasteiger partial charge in [-0.05, 0) is 24.1 Å². The fourth-order valence-electron chi connectivity index (χ4n) is 1.50. The van der Waals surface area contributed by atoms with Crippen LogP contribution in [-0.2, 0) is 13.2 Å². The molecule has 0 saturated carbocycles. The highest BCUT2D eigenvalue weighted by Gasteiger charge is 2.04. The first-order valence-corrected chi connectivity index (χ1v) is 5.27. The maximum atomic E-state index is 12.3. The first-order chi connectivity index (χ1) is 8.24. The van der Waals surface area contributed by atoms with Crippen LogP contribution in [0.4, 0.5) is 4.39 Å². The predicted octanol–water partition coefficient (Wildman–Crippen LogP) is 1.78. The molecular formula is C12H13FN4. The maximum absolute atomic E-state index is 12.3. The van der Waals surface area contributed by atoms with E-state index in [0.717, 1.165) is 22.4 Å². The summed E-state index contributed by atoms with van der Waals surface area (Å²) in [6, 6.07) is 1.91. The Morgan fingerprint density at radius 3 is 2.47 bits per heavy atom. The Morgan fingerprint density at radius 2 is 1.88 bits per heavy atom. The van der Waals surface area contributed by atoms with E-state index in [9.17, 15) is 4.39 Å². The molecule has 88 valence electrons. The molecule has 0 fully saturated rings. The van der Waals surface area contributed by atoms with Gasteiger partial charge in [-0.1, -0.05) is 0 Å². The number of nitrogens with two attached hydrogens (primary N) is 1. The topological polar surface area (TPSA) is 64.7 Å². The van der Waals surface area contributed by atoms with Crippen LogP contribution in [0.2, 0.25) is 0 Å². The van der Waals surface area contributed by atoms with E-state index in [0.29, 0.717) is 6.54 Å². The highest BCUT2D eigenvalue weighted by atomic mass is 19.1. The van der Waals surface area contributed by atoms with E-state index >= 15 is 0 Å². The third kappa shape index (κ3) is 2.45. The van der Waals surface area contributed by atoms with E-state index in [4.69, 9.17) is 5.73 Å². The molecule has 0 atom stereocenters. The van der Waals surface area contributed by atoms with Gasteiger partial charge in [-0.3, -0.25) is 4.98 Å². The van der Waals surface area contributed by atoms with E-state index in [-0.39, 0.29) is 5.82 Å². The van der Waals surface area contributed by atoms with Crippen LogP contribution in [0.1, 0.15) is 17.0 Å². The number of hydrogen-bond donors (Lipinski definition) is 1. The van der Waals surface area contributed by atoms with Crippen LogP contribution in [0, 0.1) is 6.92 Å². The van der Waals surface area contributed by atoms with Gasteiger partial charge in [0.25, 0.3) is 0 Å². The van der Waals surface area contributed by atoms with Crippen molar-refractivity contribution in [3.63, 3.8) is 0 Å². The zero-order chi connectivity index (χ0) is 12.3. The highest BCUT2D eigenvalue weighted by molar-refractivity contribution is 5.58. The van der Waals surface area contributed by atoms with E-state index in [1.807, 2.05) is 13.0 Å². The molecule has 2 N–H and O–H groups in total. The second kappa shape index (κ2) is 4.97. The first kappa shape index (κ1) is 11.6. The van der Waals surface area contributed by atoms with Gasteiger partial charge < -0.3 is 5.73 Å². The lowest BCUT2D eigenvalue weighted by molar-refractivity contribution is 0.465. The molecule has 17 heavy (non-hydrogen) atoms. The number of nitrogens with zero attached hydrogens (tertiary/aromatic N) is 3. The molecule has 0 spiro atoms. The lowest BCUT2D eigenvalue weighted by atomic mass is 10.1. The zero-order valence-corrected chi connectivity index (χ0v) is 9.52. The lowest BCUT2D eigenvalue weighted by Gasteiger charge is -2.06. The van der Waals surface area contributed by atoms with E-state index < -0.39 is 6.67 Å². The highest BCUT2D eigenvalue weighted by Crippen LogP contribution is 2.18. The van der Waals surface area contributed by atoms with Crippen molar-refractivity contribution >= 4 is 0 Å². The Kier molecular flexibility index (Phi) is 3.39. The predicted molar refractivity (Wildman–Crippen MR) is 62.7 cm³/mol. The van der Waals surface area contributed by atoms with E-state index in [2.05, 4.69) is 15.0 Å². The average Bonchev–Trinajstić information content (AvgIpc) is 2.39. The summed E-state index contributed by atoms with van der Waals surface area (Å²) in [6.07, 6.45) is 4.90. The summed E-state index contributed by atoms with van der Waals surface area (Å²) in [5.74, 6) is 0.180. The Hall–Kier alpha value is -1.88. The summed E-state index contributed by atoms with van der Waals surface area (Å²) in [7, 11) is 0. The van der Waals surface area contributed by atoms with Gasteiger partial charge in [0.05, 0.1) is 5.69 Å². The van der Waals surface area contributed by atoms with E-state index in [1.165, 1.54) is 0 Å². The third-order valence-corrected chi connectivity index (χ3v) is 2.56. The second-order valence-electron chi connectivity index (χ2n) is 3.72. The summed E-state index contributed by atoms with van der Waals surface area (Å²) in [6.45, 7) is 1.77. The zero-order valence-electron chi connectivity index (χ0n) is 9.52. The summed E-state index contributed by atoms with van der Waals surface area (Å²) >= 11 is 0. The van der Waals surface area contributed by atoms with Gasteiger partial charge in [-0.2, -0.15) is 0 Å². The van der Waals surface area contributed by atoms with Crippen molar-refractivity contribution in [1.29, 1.82) is 0 Å². The third-order valence-electron chi connectivity index (χ3n) is 2.56. The van der Waals surface area contributed by atoms with Crippen LogP contribution in [0.5, 0.6) is 0 Å². The quantitative estimate of drug-likeness (QED) is 0.876. The van der Waals surface area contributed by atoms with Crippen LogP contribution >= 0.6 is 0 Å². The van der Waals surface area contributed by atoms with Crippen LogP contribution in [0.3, 0.4) is 0 Å². The molecule has 5 heteroatoms. The second-order valence-corrected chi connectivity index (χ2v) is 3.72. The molecular weight excluding hydrogens is 219 g/mol. The molecule has 2 aromatic heterocycles. The van der Waals surface area contributed by atoms with Crippen LogP contribution < -0.4 is 5.73 Å². The van der Waals surface area contributed by atoms with E-state index in [1.54, 1.807) is 18.6 Å². The largest absolute Gasteiger partial charge is 0.326 e. The number of halogens is 1. The molecule has 0 aliphatic carbocycles. The van der Waals surface area contributed by atoms with Crippen molar-refractivity contribution in [2.75, 3.05) is 0 Å². The van der Waals surface area contributed by atoms with Gasteiger partial charge in [0, 0.05) is 30.7 Å². The standard InChI is InChI=1S/C12H13FN4/c1-8-5-15-11(2-9(8)4-14)10-6-16-12(3-13)17-7-10/h2,5-7H,3-4,14H2,1H3. The van der Waals surface area contributed by atoms with Crippen molar-refractivity contribution in [2.45, 2.75) is 20.1 Å². The normalized spacial score (nSPS) is 10.5. The van der Waals surface area contributed by atoms with Crippen molar-refractivity contribution in [3.8, 4) is 11.3 Å². The molecule has 0 unspecified atom stereocenters. The maximum Gasteiger partial charge on any atom is 0.159 e. The molecule has 0 bridgehead atoms. The van der Waals surface area contributed by atoms with Crippen LogP contribution in [-0.4, -0.2) is 15.0 Å². The van der Waals surface area contributed by atoms with Gasteiger partial charge in [0.1, 0.15) is 6.67 Å². The number of aryl methyl sites for hydroxylation is 1. The SMILES string of the molecule is Cc1cnc(-c2cnc(CF)nc2)cc1CN. The minimum absolute atomic E-state index is 0.180. The van der Waals surface area contributed by atoms with Gasteiger partial charge in [-0.15, -0.1) is 0 Å². The molecule has 0 radical (unpaired) electrons. The molecule has 0 saturated heterocycles. The van der Waals surface area contributed by atoms with Crippen LogP contribution in [0.25, 0.3) is 11.3 Å². The Labute approximate surface area is 98.7 Å². The van der Waals surface area contributed by atoms with Gasteiger partial charge >= 0.3 is 0 Å². The smallest absolute Gasteiger partial charge is 0.159 e. The number of hydrogen-bond acceptors (Lipinski definition) is 4. The van der Waals surface area contributed by atoms with Crippen molar-refractivity contribution < 1.29 is 4.39 Å². The summed E-state index contributed by atoms with van der Waals surface area (Å²) in [5, 5.41) is 0. The van der Waals surface area contributed by atoms with Crippen molar-refractivity contribution in [2.24, 2.45) is 5.73 Å². The molecule has 4 nitrogen and oxygen atoms in total. The molecule has 2 rings (SSSR count). The van der Waals surface area contributed by atoms with Crippen molar-refractivity contribution in [1.82, 2.24) is 15.0 Å². The van der Waals surface area contributed by atoms with Gasteiger partial charge in [-0.25, -0.2) is 14.4 Å². The fraction of sp³-hybridized carbons (Fsp3) is 0.250. The minimum Gasteiger partial charge on any atom is -0.326 e. The van der Waals surface area contributed by atoms with Gasteiger partial charge in [0.2, 0.25) is 0 Å². The molecule has 2 aromatic rings. The Morgan fingerprint density at radius 1 is 1.18 bits per heavy atom. The lowest BCUT2D eigenvalue weighted by Crippen LogP contribution is -2.01. The summed E-state index contributed by atoms with van der Waals surface area (Å²) in [5.41, 5.74) is 9.23. The fourth-order valence-corrected chi connectivity index (χ4v) is 1.50. The summed E-state index contributed by atoms with van der Waals surface area (Å²) < 4.78 is 12.3. The number of alkyl halides is 1. The molecule has 2 heterocycles.